The number of piperidine rings is 1. The Morgan fingerprint density at radius 3 is 2.28 bits per heavy atom. The highest BCUT2D eigenvalue weighted by molar-refractivity contribution is 7.90. The zero-order valence-electron chi connectivity index (χ0n) is 11.3. The van der Waals surface area contributed by atoms with Crippen LogP contribution in [0.3, 0.4) is 0 Å². The fraction of sp³-hybridized carbons (Fsp3) is 1.00. The van der Waals surface area contributed by atoms with Gasteiger partial charge in [-0.15, -0.1) is 0 Å². The smallest absolute Gasteiger partial charge is 0.214 e. The van der Waals surface area contributed by atoms with Crippen LogP contribution in [0.15, 0.2) is 0 Å². The van der Waals surface area contributed by atoms with Crippen molar-refractivity contribution in [2.45, 2.75) is 63.2 Å². The average molecular weight is 274 g/mol. The maximum absolute atomic E-state index is 12.3. The lowest BCUT2D eigenvalue weighted by Gasteiger charge is -2.30. The van der Waals surface area contributed by atoms with Crippen LogP contribution in [0.2, 0.25) is 0 Å². The topological polar surface area (TPSA) is 58.2 Å². The highest BCUT2D eigenvalue weighted by Crippen LogP contribution is 2.27. The lowest BCUT2D eigenvalue weighted by atomic mass is 9.85. The van der Waals surface area contributed by atoms with Crippen LogP contribution in [0.4, 0.5) is 0 Å². The molecule has 18 heavy (non-hydrogen) atoms. The normalized spacial score (nSPS) is 26.1. The first-order valence-electron chi connectivity index (χ1n) is 7.31. The molecule has 1 aliphatic carbocycles. The van der Waals surface area contributed by atoms with Gasteiger partial charge in [-0.25, -0.2) is 13.1 Å². The molecule has 2 rings (SSSR count). The van der Waals surface area contributed by atoms with E-state index in [2.05, 4.69) is 10.0 Å². The minimum Gasteiger partial charge on any atom is -0.317 e. The van der Waals surface area contributed by atoms with Gasteiger partial charge >= 0.3 is 0 Å². The van der Waals surface area contributed by atoms with Gasteiger partial charge in [0.15, 0.2) is 0 Å². The Morgan fingerprint density at radius 1 is 1.06 bits per heavy atom. The van der Waals surface area contributed by atoms with Gasteiger partial charge in [0.05, 0.1) is 5.25 Å². The molecule has 0 bridgehead atoms. The van der Waals surface area contributed by atoms with Crippen molar-refractivity contribution in [1.82, 2.24) is 10.0 Å². The predicted octanol–water partition coefficient (Wildman–Crippen LogP) is 1.63. The van der Waals surface area contributed by atoms with Crippen molar-refractivity contribution in [1.29, 1.82) is 0 Å². The number of hydrogen-bond acceptors (Lipinski definition) is 3. The molecule has 2 N–H and O–H groups in total. The summed E-state index contributed by atoms with van der Waals surface area (Å²) in [5.74, 6) is 0.537. The van der Waals surface area contributed by atoms with E-state index in [1.165, 1.54) is 32.1 Å². The van der Waals surface area contributed by atoms with Crippen molar-refractivity contribution in [2.75, 3.05) is 13.1 Å². The summed E-state index contributed by atoms with van der Waals surface area (Å²) >= 11 is 0. The molecule has 106 valence electrons. The van der Waals surface area contributed by atoms with Crippen molar-refractivity contribution in [3.8, 4) is 0 Å². The van der Waals surface area contributed by atoms with E-state index in [-0.39, 0.29) is 11.3 Å². The van der Waals surface area contributed by atoms with Gasteiger partial charge in [-0.2, -0.15) is 0 Å². The van der Waals surface area contributed by atoms with Crippen molar-refractivity contribution < 1.29 is 8.42 Å². The van der Waals surface area contributed by atoms with E-state index in [1.807, 2.05) is 6.92 Å². The third kappa shape index (κ3) is 3.68. The third-order valence-electron chi connectivity index (χ3n) is 4.43. The van der Waals surface area contributed by atoms with E-state index in [0.29, 0.717) is 5.92 Å². The van der Waals surface area contributed by atoms with Gasteiger partial charge in [0.2, 0.25) is 10.0 Å². The summed E-state index contributed by atoms with van der Waals surface area (Å²) in [6, 6.07) is 0.102. The highest BCUT2D eigenvalue weighted by Gasteiger charge is 2.30. The third-order valence-corrected chi connectivity index (χ3v) is 6.48. The molecule has 2 fully saturated rings. The molecule has 0 aromatic heterocycles. The molecule has 0 aromatic rings. The van der Waals surface area contributed by atoms with Crippen LogP contribution in [0.5, 0.6) is 0 Å². The minimum absolute atomic E-state index is 0.102. The minimum atomic E-state index is -3.12. The molecule has 1 saturated heterocycles. The molecule has 2 aliphatic rings. The van der Waals surface area contributed by atoms with Gasteiger partial charge < -0.3 is 5.32 Å². The fourth-order valence-corrected chi connectivity index (χ4v) is 4.95. The molecule has 1 unspecified atom stereocenters. The maximum Gasteiger partial charge on any atom is 0.214 e. The van der Waals surface area contributed by atoms with Gasteiger partial charge in [-0.1, -0.05) is 19.3 Å². The molecule has 5 heteroatoms. The van der Waals surface area contributed by atoms with Crippen LogP contribution in [0, 0.1) is 5.92 Å². The van der Waals surface area contributed by atoms with Crippen LogP contribution in [-0.4, -0.2) is 32.8 Å². The molecule has 1 aliphatic heterocycles. The molecule has 1 saturated carbocycles. The predicted molar refractivity (Wildman–Crippen MR) is 74.0 cm³/mol. The fourth-order valence-electron chi connectivity index (χ4n) is 3.19. The summed E-state index contributed by atoms with van der Waals surface area (Å²) in [6.45, 7) is 3.68. The Bertz CT molecular complexity index is 344. The second kappa shape index (κ2) is 6.35. The zero-order valence-corrected chi connectivity index (χ0v) is 12.1. The standard InChI is InChI=1S/C13H26N2O2S/c1-11(12-5-3-2-4-6-12)15-18(16,17)13-7-9-14-10-8-13/h11-15H,2-10H2,1H3. The van der Waals surface area contributed by atoms with Crippen molar-refractivity contribution in [3.63, 3.8) is 0 Å². The first-order valence-corrected chi connectivity index (χ1v) is 8.86. The van der Waals surface area contributed by atoms with Gasteiger partial charge in [0.1, 0.15) is 0 Å². The zero-order chi connectivity index (χ0) is 13.0. The van der Waals surface area contributed by atoms with Crippen molar-refractivity contribution >= 4 is 10.0 Å². The van der Waals surface area contributed by atoms with Crippen LogP contribution >= 0.6 is 0 Å². The van der Waals surface area contributed by atoms with Crippen LogP contribution in [0.25, 0.3) is 0 Å². The second-order valence-electron chi connectivity index (χ2n) is 5.80. The Morgan fingerprint density at radius 2 is 1.67 bits per heavy atom. The van der Waals surface area contributed by atoms with Gasteiger partial charge in [-0.05, 0) is 51.6 Å². The monoisotopic (exact) mass is 274 g/mol. The quantitative estimate of drug-likeness (QED) is 0.819. The van der Waals surface area contributed by atoms with E-state index >= 15 is 0 Å². The van der Waals surface area contributed by atoms with E-state index in [4.69, 9.17) is 0 Å². The van der Waals surface area contributed by atoms with Crippen molar-refractivity contribution in [2.24, 2.45) is 5.92 Å². The second-order valence-corrected chi connectivity index (χ2v) is 7.79. The lowest BCUT2D eigenvalue weighted by molar-refractivity contribution is 0.302. The molecule has 1 atom stereocenters. The Kier molecular flexibility index (Phi) is 5.04. The lowest BCUT2D eigenvalue weighted by Crippen LogP contribution is -2.46. The van der Waals surface area contributed by atoms with Crippen LogP contribution < -0.4 is 10.0 Å². The first-order chi connectivity index (χ1) is 8.59. The summed E-state index contributed by atoms with van der Waals surface area (Å²) in [6.07, 6.45) is 7.66. The molecule has 0 spiro atoms. The summed E-state index contributed by atoms with van der Waals surface area (Å²) in [5.41, 5.74) is 0. The van der Waals surface area contributed by atoms with E-state index < -0.39 is 10.0 Å². The SMILES string of the molecule is CC(NS(=O)(=O)C1CCNCC1)C1CCCCC1. The molecular formula is C13H26N2O2S. The largest absolute Gasteiger partial charge is 0.317 e. The highest BCUT2D eigenvalue weighted by atomic mass is 32.2. The summed E-state index contributed by atoms with van der Waals surface area (Å²) in [4.78, 5) is 0. The first kappa shape index (κ1) is 14.3. The Balaban J connectivity index is 1.89. The molecule has 4 nitrogen and oxygen atoms in total. The van der Waals surface area contributed by atoms with Gasteiger partial charge in [0, 0.05) is 6.04 Å². The molecular weight excluding hydrogens is 248 g/mol. The van der Waals surface area contributed by atoms with E-state index in [9.17, 15) is 8.42 Å². The molecule has 0 amide bonds. The van der Waals surface area contributed by atoms with E-state index in [0.717, 1.165) is 25.9 Å². The molecule has 0 radical (unpaired) electrons. The number of hydrogen-bond donors (Lipinski definition) is 2. The van der Waals surface area contributed by atoms with Gasteiger partial charge in [0.25, 0.3) is 0 Å². The summed E-state index contributed by atoms with van der Waals surface area (Å²) in [5, 5.41) is 3.02. The van der Waals surface area contributed by atoms with Gasteiger partial charge in [-0.3, -0.25) is 0 Å². The molecule has 1 heterocycles. The number of sulfonamides is 1. The van der Waals surface area contributed by atoms with Crippen LogP contribution in [-0.2, 0) is 10.0 Å². The summed E-state index contributed by atoms with van der Waals surface area (Å²) in [7, 11) is -3.12. The average Bonchev–Trinajstić information content (AvgIpc) is 2.40. The maximum atomic E-state index is 12.3. The Labute approximate surface area is 111 Å². The van der Waals surface area contributed by atoms with E-state index in [1.54, 1.807) is 0 Å². The Hall–Kier alpha value is -0.130. The van der Waals surface area contributed by atoms with Crippen LogP contribution in [0.1, 0.15) is 51.9 Å². The summed E-state index contributed by atoms with van der Waals surface area (Å²) < 4.78 is 27.5. The number of nitrogens with one attached hydrogen (secondary N) is 2. The molecule has 0 aromatic carbocycles. The van der Waals surface area contributed by atoms with Crippen molar-refractivity contribution in [3.05, 3.63) is 0 Å². The number of rotatable bonds is 4.